The first-order chi connectivity index (χ1) is 8.83. The minimum atomic E-state index is 0.819. The molecule has 1 aromatic heterocycles. The van der Waals surface area contributed by atoms with Gasteiger partial charge in [0.05, 0.1) is 11.4 Å². The molecule has 0 aliphatic rings. The molecule has 18 heavy (non-hydrogen) atoms. The van der Waals surface area contributed by atoms with E-state index in [1.165, 1.54) is 18.6 Å². The van der Waals surface area contributed by atoms with Crippen LogP contribution in [0.5, 0.6) is 0 Å². The Kier molecular flexibility index (Phi) is 4.70. The van der Waals surface area contributed by atoms with Gasteiger partial charge >= 0.3 is 0 Å². The summed E-state index contributed by atoms with van der Waals surface area (Å²) in [5.41, 5.74) is 8.01. The normalized spacial score (nSPS) is 10.7. The maximum absolute atomic E-state index is 6.17. The van der Waals surface area contributed by atoms with Crippen LogP contribution in [0.4, 0.5) is 11.4 Å². The molecule has 3 N–H and O–H groups in total. The van der Waals surface area contributed by atoms with Crippen LogP contribution < -0.4 is 11.1 Å². The maximum Gasteiger partial charge on any atom is 0.0630 e. The third-order valence-corrected chi connectivity index (χ3v) is 3.65. The Bertz CT molecular complexity index is 513. The Balaban J connectivity index is 2.03. The largest absolute Gasteiger partial charge is 0.397 e. The van der Waals surface area contributed by atoms with Crippen molar-refractivity contribution in [3.05, 3.63) is 30.6 Å². The van der Waals surface area contributed by atoms with E-state index in [0.717, 1.165) is 28.7 Å². The number of unbranched alkanes of at least 4 members (excludes halogenated alkanes) is 1. The fraction of sp³-hybridized carbons (Fsp3) is 0.357. The lowest BCUT2D eigenvalue weighted by Crippen LogP contribution is -2.04. The molecule has 1 aromatic carbocycles. The number of nitrogen functional groups attached to an aromatic ring is 1. The number of aromatic nitrogens is 1. The van der Waals surface area contributed by atoms with E-state index in [2.05, 4.69) is 22.6 Å². The van der Waals surface area contributed by atoms with Gasteiger partial charge in [0.2, 0.25) is 0 Å². The summed E-state index contributed by atoms with van der Waals surface area (Å²) >= 11 is 1.89. The van der Waals surface area contributed by atoms with Crippen molar-refractivity contribution in [3.8, 4) is 0 Å². The molecule has 96 valence electrons. The molecule has 0 bridgehead atoms. The number of nitrogens with two attached hydrogens (primary N) is 1. The SMILES string of the molecule is CSCCCCNc1ccc2cnccc2c1N. The lowest BCUT2D eigenvalue weighted by molar-refractivity contribution is 0.844. The summed E-state index contributed by atoms with van der Waals surface area (Å²) in [5, 5.41) is 5.56. The molecule has 0 spiro atoms. The summed E-state index contributed by atoms with van der Waals surface area (Å²) in [5.74, 6) is 1.22. The number of fused-ring (bicyclic) bond motifs is 1. The molecule has 0 radical (unpaired) electrons. The Morgan fingerprint density at radius 3 is 3.00 bits per heavy atom. The fourth-order valence-corrected chi connectivity index (χ4v) is 2.43. The van der Waals surface area contributed by atoms with Crippen LogP contribution in [0, 0.1) is 0 Å². The van der Waals surface area contributed by atoms with Crippen LogP contribution in [-0.2, 0) is 0 Å². The van der Waals surface area contributed by atoms with Crippen LogP contribution in [-0.4, -0.2) is 23.5 Å². The molecule has 0 fully saturated rings. The van der Waals surface area contributed by atoms with Crippen LogP contribution in [0.25, 0.3) is 10.8 Å². The molecule has 0 saturated carbocycles. The van der Waals surface area contributed by atoms with Gasteiger partial charge in [-0.15, -0.1) is 0 Å². The van der Waals surface area contributed by atoms with E-state index in [1.54, 1.807) is 6.20 Å². The number of hydrogen-bond acceptors (Lipinski definition) is 4. The van der Waals surface area contributed by atoms with E-state index in [9.17, 15) is 0 Å². The first-order valence-electron chi connectivity index (χ1n) is 6.18. The number of thioether (sulfide) groups is 1. The number of pyridine rings is 1. The fourth-order valence-electron chi connectivity index (χ4n) is 1.94. The lowest BCUT2D eigenvalue weighted by atomic mass is 10.1. The highest BCUT2D eigenvalue weighted by molar-refractivity contribution is 7.98. The first-order valence-corrected chi connectivity index (χ1v) is 7.57. The molecule has 3 nitrogen and oxygen atoms in total. The van der Waals surface area contributed by atoms with Crippen molar-refractivity contribution in [2.75, 3.05) is 29.6 Å². The van der Waals surface area contributed by atoms with Crippen LogP contribution in [0.1, 0.15) is 12.8 Å². The third kappa shape index (κ3) is 3.07. The molecule has 0 amide bonds. The van der Waals surface area contributed by atoms with Gasteiger partial charge in [-0.1, -0.05) is 6.07 Å². The molecule has 0 unspecified atom stereocenters. The molecule has 1 heterocycles. The summed E-state index contributed by atoms with van der Waals surface area (Å²) in [7, 11) is 0. The minimum Gasteiger partial charge on any atom is -0.397 e. The summed E-state index contributed by atoms with van der Waals surface area (Å²) in [6, 6.07) is 6.06. The van der Waals surface area contributed by atoms with Crippen molar-refractivity contribution >= 4 is 33.9 Å². The summed E-state index contributed by atoms with van der Waals surface area (Å²) in [6.45, 7) is 0.974. The summed E-state index contributed by atoms with van der Waals surface area (Å²) < 4.78 is 0. The van der Waals surface area contributed by atoms with Gasteiger partial charge in [0.15, 0.2) is 0 Å². The number of benzene rings is 1. The van der Waals surface area contributed by atoms with E-state index in [0.29, 0.717) is 0 Å². The zero-order valence-corrected chi connectivity index (χ0v) is 11.5. The molecule has 0 aliphatic carbocycles. The van der Waals surface area contributed by atoms with E-state index < -0.39 is 0 Å². The Morgan fingerprint density at radius 2 is 2.17 bits per heavy atom. The molecular weight excluding hydrogens is 242 g/mol. The number of rotatable bonds is 6. The second-order valence-electron chi connectivity index (χ2n) is 4.25. The van der Waals surface area contributed by atoms with Crippen molar-refractivity contribution in [1.29, 1.82) is 0 Å². The Hall–Kier alpha value is -1.42. The standard InChI is InChI=1S/C14H19N3S/c1-18-9-3-2-7-17-13-5-4-11-10-16-8-6-12(11)14(13)15/h4-6,8,10,17H,2-3,7,9,15H2,1H3. The van der Waals surface area contributed by atoms with Gasteiger partial charge in [-0.2, -0.15) is 11.8 Å². The third-order valence-electron chi connectivity index (χ3n) is 2.95. The Morgan fingerprint density at radius 1 is 1.28 bits per heavy atom. The topological polar surface area (TPSA) is 50.9 Å². The average Bonchev–Trinajstić information content (AvgIpc) is 2.41. The van der Waals surface area contributed by atoms with Gasteiger partial charge in [-0.05, 0) is 37.0 Å². The monoisotopic (exact) mass is 261 g/mol. The number of nitrogens with one attached hydrogen (secondary N) is 1. The zero-order chi connectivity index (χ0) is 12.8. The smallest absolute Gasteiger partial charge is 0.0630 e. The van der Waals surface area contributed by atoms with Gasteiger partial charge in [0.25, 0.3) is 0 Å². The number of anilines is 2. The van der Waals surface area contributed by atoms with Crippen LogP contribution in [0.3, 0.4) is 0 Å². The molecule has 2 aromatic rings. The van der Waals surface area contributed by atoms with Gasteiger partial charge in [-0.3, -0.25) is 4.98 Å². The molecule has 4 heteroatoms. The van der Waals surface area contributed by atoms with Crippen molar-refractivity contribution in [1.82, 2.24) is 4.98 Å². The predicted molar refractivity (Wildman–Crippen MR) is 82.3 cm³/mol. The van der Waals surface area contributed by atoms with Crippen molar-refractivity contribution in [2.24, 2.45) is 0 Å². The first kappa shape index (κ1) is 13.0. The van der Waals surface area contributed by atoms with Gasteiger partial charge in [0.1, 0.15) is 0 Å². The number of hydrogen-bond donors (Lipinski definition) is 2. The highest BCUT2D eigenvalue weighted by Crippen LogP contribution is 2.27. The Labute approximate surface area is 112 Å². The van der Waals surface area contributed by atoms with E-state index >= 15 is 0 Å². The molecule has 0 aliphatic heterocycles. The average molecular weight is 261 g/mol. The van der Waals surface area contributed by atoms with Gasteiger partial charge in [-0.25, -0.2) is 0 Å². The van der Waals surface area contributed by atoms with Crippen LogP contribution in [0.2, 0.25) is 0 Å². The molecule has 0 atom stereocenters. The second-order valence-corrected chi connectivity index (χ2v) is 5.24. The van der Waals surface area contributed by atoms with E-state index in [-0.39, 0.29) is 0 Å². The van der Waals surface area contributed by atoms with E-state index in [4.69, 9.17) is 5.73 Å². The van der Waals surface area contributed by atoms with Crippen LogP contribution >= 0.6 is 11.8 Å². The summed E-state index contributed by atoms with van der Waals surface area (Å²) in [4.78, 5) is 4.10. The highest BCUT2D eigenvalue weighted by Gasteiger charge is 2.03. The summed E-state index contributed by atoms with van der Waals surface area (Å²) in [6.07, 6.45) is 8.18. The molecular formula is C14H19N3S. The molecule has 2 rings (SSSR count). The molecule has 0 saturated heterocycles. The van der Waals surface area contributed by atoms with Crippen molar-refractivity contribution < 1.29 is 0 Å². The van der Waals surface area contributed by atoms with Crippen molar-refractivity contribution in [3.63, 3.8) is 0 Å². The quantitative estimate of drug-likeness (QED) is 0.618. The lowest BCUT2D eigenvalue weighted by Gasteiger charge is -2.11. The van der Waals surface area contributed by atoms with Gasteiger partial charge < -0.3 is 11.1 Å². The highest BCUT2D eigenvalue weighted by atomic mass is 32.2. The van der Waals surface area contributed by atoms with E-state index in [1.807, 2.05) is 30.1 Å². The van der Waals surface area contributed by atoms with Crippen molar-refractivity contribution in [2.45, 2.75) is 12.8 Å². The van der Waals surface area contributed by atoms with Crippen LogP contribution in [0.15, 0.2) is 30.6 Å². The maximum atomic E-state index is 6.17. The second kappa shape index (κ2) is 6.50. The van der Waals surface area contributed by atoms with Gasteiger partial charge in [0, 0.05) is 29.7 Å². The zero-order valence-electron chi connectivity index (χ0n) is 10.6. The minimum absolute atomic E-state index is 0.819. The number of nitrogens with zero attached hydrogens (tertiary/aromatic N) is 1. The predicted octanol–water partition coefficient (Wildman–Crippen LogP) is 3.37.